The van der Waals surface area contributed by atoms with Gasteiger partial charge in [0.15, 0.2) is 0 Å². The third-order valence-electron chi connectivity index (χ3n) is 3.97. The van der Waals surface area contributed by atoms with Crippen LogP contribution in [-0.2, 0) is 0 Å². The standard InChI is InChI=1S/C15H29N/c1-5-9-16-15(11-12(3)6-2)14-8-7-13(4)10-14/h13-16H,3,5-11H2,1-2,4H3. The van der Waals surface area contributed by atoms with E-state index < -0.39 is 0 Å². The molecule has 94 valence electrons. The second kappa shape index (κ2) is 7.11. The third-order valence-corrected chi connectivity index (χ3v) is 3.97. The fourth-order valence-corrected chi connectivity index (χ4v) is 2.81. The number of hydrogen-bond donors (Lipinski definition) is 1. The maximum absolute atomic E-state index is 4.17. The Labute approximate surface area is 102 Å². The molecule has 0 amide bonds. The van der Waals surface area contributed by atoms with E-state index in [9.17, 15) is 0 Å². The first-order valence-electron chi connectivity index (χ1n) is 7.07. The molecule has 16 heavy (non-hydrogen) atoms. The molecule has 1 aliphatic carbocycles. The lowest BCUT2D eigenvalue weighted by molar-refractivity contribution is 0.346. The van der Waals surface area contributed by atoms with Crippen molar-refractivity contribution in [3.05, 3.63) is 12.2 Å². The molecule has 3 unspecified atom stereocenters. The van der Waals surface area contributed by atoms with Crippen molar-refractivity contribution < 1.29 is 0 Å². The SMILES string of the molecule is C=C(CC)CC(NCCC)C1CCC(C)C1. The zero-order valence-electron chi connectivity index (χ0n) is 11.4. The molecule has 0 aliphatic heterocycles. The smallest absolute Gasteiger partial charge is 0.0132 e. The Balaban J connectivity index is 2.45. The molecule has 1 nitrogen and oxygen atoms in total. The largest absolute Gasteiger partial charge is 0.313 e. The first-order valence-corrected chi connectivity index (χ1v) is 7.07. The van der Waals surface area contributed by atoms with Crippen LogP contribution in [0.15, 0.2) is 12.2 Å². The van der Waals surface area contributed by atoms with Crippen LogP contribution in [0.2, 0.25) is 0 Å². The Kier molecular flexibility index (Phi) is 6.12. The molecule has 0 heterocycles. The quantitative estimate of drug-likeness (QED) is 0.639. The summed E-state index contributed by atoms with van der Waals surface area (Å²) >= 11 is 0. The normalized spacial score (nSPS) is 26.9. The first-order chi connectivity index (χ1) is 7.67. The number of rotatable bonds is 7. The van der Waals surface area contributed by atoms with Crippen LogP contribution in [0.25, 0.3) is 0 Å². The molecule has 1 N–H and O–H groups in total. The van der Waals surface area contributed by atoms with E-state index in [1.807, 2.05) is 0 Å². The van der Waals surface area contributed by atoms with Gasteiger partial charge in [0.1, 0.15) is 0 Å². The van der Waals surface area contributed by atoms with Crippen LogP contribution in [0, 0.1) is 11.8 Å². The molecule has 1 rings (SSSR count). The maximum Gasteiger partial charge on any atom is 0.0132 e. The van der Waals surface area contributed by atoms with E-state index in [0.29, 0.717) is 6.04 Å². The molecular formula is C15H29N. The number of nitrogens with one attached hydrogen (secondary N) is 1. The summed E-state index contributed by atoms with van der Waals surface area (Å²) in [6.45, 7) is 12.2. The highest BCUT2D eigenvalue weighted by atomic mass is 14.9. The summed E-state index contributed by atoms with van der Waals surface area (Å²) in [6, 6.07) is 0.692. The summed E-state index contributed by atoms with van der Waals surface area (Å²) < 4.78 is 0. The summed E-state index contributed by atoms with van der Waals surface area (Å²) in [4.78, 5) is 0. The van der Waals surface area contributed by atoms with Crippen molar-refractivity contribution in [1.29, 1.82) is 0 Å². The van der Waals surface area contributed by atoms with E-state index in [4.69, 9.17) is 0 Å². The molecule has 1 aliphatic rings. The highest BCUT2D eigenvalue weighted by Crippen LogP contribution is 2.34. The average molecular weight is 223 g/mol. The Morgan fingerprint density at radius 2 is 2.12 bits per heavy atom. The predicted molar refractivity (Wildman–Crippen MR) is 72.6 cm³/mol. The number of hydrogen-bond acceptors (Lipinski definition) is 1. The minimum atomic E-state index is 0.692. The van der Waals surface area contributed by atoms with Gasteiger partial charge >= 0.3 is 0 Å². The van der Waals surface area contributed by atoms with Gasteiger partial charge in [-0.15, -0.1) is 0 Å². The van der Waals surface area contributed by atoms with Gasteiger partial charge < -0.3 is 5.32 Å². The molecule has 3 atom stereocenters. The molecule has 0 saturated heterocycles. The van der Waals surface area contributed by atoms with Gasteiger partial charge in [0.25, 0.3) is 0 Å². The van der Waals surface area contributed by atoms with Crippen molar-refractivity contribution in [1.82, 2.24) is 5.32 Å². The van der Waals surface area contributed by atoms with E-state index in [0.717, 1.165) is 24.8 Å². The molecule has 0 aromatic carbocycles. The Morgan fingerprint density at radius 1 is 1.38 bits per heavy atom. The van der Waals surface area contributed by atoms with Crippen molar-refractivity contribution in [3.63, 3.8) is 0 Å². The summed E-state index contributed by atoms with van der Waals surface area (Å²) in [7, 11) is 0. The monoisotopic (exact) mass is 223 g/mol. The van der Waals surface area contributed by atoms with Gasteiger partial charge in [-0.1, -0.05) is 39.3 Å². The minimum Gasteiger partial charge on any atom is -0.313 e. The van der Waals surface area contributed by atoms with Crippen LogP contribution in [0.5, 0.6) is 0 Å². The van der Waals surface area contributed by atoms with Crippen molar-refractivity contribution in [2.45, 2.75) is 65.3 Å². The first kappa shape index (κ1) is 13.8. The lowest BCUT2D eigenvalue weighted by Crippen LogP contribution is -2.36. The molecule has 1 saturated carbocycles. The lowest BCUT2D eigenvalue weighted by Gasteiger charge is -2.25. The van der Waals surface area contributed by atoms with Gasteiger partial charge in [-0.2, -0.15) is 0 Å². The van der Waals surface area contributed by atoms with Gasteiger partial charge in [0, 0.05) is 6.04 Å². The van der Waals surface area contributed by atoms with E-state index in [-0.39, 0.29) is 0 Å². The Bertz CT molecular complexity index is 209. The Morgan fingerprint density at radius 3 is 2.62 bits per heavy atom. The molecule has 0 bridgehead atoms. The second-order valence-electron chi connectivity index (χ2n) is 5.55. The summed E-state index contributed by atoms with van der Waals surface area (Å²) in [5.41, 5.74) is 1.41. The van der Waals surface area contributed by atoms with Gasteiger partial charge in [-0.3, -0.25) is 0 Å². The van der Waals surface area contributed by atoms with E-state index >= 15 is 0 Å². The van der Waals surface area contributed by atoms with Crippen LogP contribution in [0.1, 0.15) is 59.3 Å². The van der Waals surface area contributed by atoms with E-state index in [1.165, 1.54) is 37.7 Å². The summed E-state index contributed by atoms with van der Waals surface area (Å²) in [5, 5.41) is 3.74. The molecule has 0 radical (unpaired) electrons. The van der Waals surface area contributed by atoms with Crippen LogP contribution >= 0.6 is 0 Å². The zero-order chi connectivity index (χ0) is 12.0. The maximum atomic E-state index is 4.17. The van der Waals surface area contributed by atoms with Gasteiger partial charge in [-0.05, 0) is 50.5 Å². The fraction of sp³-hybridized carbons (Fsp3) is 0.867. The zero-order valence-corrected chi connectivity index (χ0v) is 11.4. The molecular weight excluding hydrogens is 194 g/mol. The van der Waals surface area contributed by atoms with Crippen molar-refractivity contribution in [3.8, 4) is 0 Å². The van der Waals surface area contributed by atoms with Gasteiger partial charge in [0.2, 0.25) is 0 Å². The molecule has 0 aromatic rings. The van der Waals surface area contributed by atoms with Gasteiger partial charge in [0.05, 0.1) is 0 Å². The fourth-order valence-electron chi connectivity index (χ4n) is 2.81. The van der Waals surface area contributed by atoms with Crippen LogP contribution in [0.3, 0.4) is 0 Å². The third kappa shape index (κ3) is 4.29. The van der Waals surface area contributed by atoms with E-state index in [2.05, 4.69) is 32.7 Å². The van der Waals surface area contributed by atoms with Crippen LogP contribution in [-0.4, -0.2) is 12.6 Å². The molecule has 0 spiro atoms. The van der Waals surface area contributed by atoms with Crippen molar-refractivity contribution in [2.75, 3.05) is 6.54 Å². The summed E-state index contributed by atoms with van der Waals surface area (Å²) in [5.74, 6) is 1.83. The molecule has 1 fully saturated rings. The van der Waals surface area contributed by atoms with E-state index in [1.54, 1.807) is 0 Å². The molecule has 1 heteroatoms. The van der Waals surface area contributed by atoms with Crippen LogP contribution in [0.4, 0.5) is 0 Å². The van der Waals surface area contributed by atoms with Crippen LogP contribution < -0.4 is 5.32 Å². The predicted octanol–water partition coefficient (Wildman–Crippen LogP) is 4.15. The minimum absolute atomic E-state index is 0.692. The Hall–Kier alpha value is -0.300. The highest BCUT2D eigenvalue weighted by molar-refractivity contribution is 4.99. The lowest BCUT2D eigenvalue weighted by atomic mass is 9.91. The van der Waals surface area contributed by atoms with Gasteiger partial charge in [-0.25, -0.2) is 0 Å². The van der Waals surface area contributed by atoms with Crippen molar-refractivity contribution in [2.24, 2.45) is 11.8 Å². The van der Waals surface area contributed by atoms with Crippen molar-refractivity contribution >= 4 is 0 Å². The summed E-state index contributed by atoms with van der Waals surface area (Å²) in [6.07, 6.45) is 7.81. The average Bonchev–Trinajstić information content (AvgIpc) is 2.70. The topological polar surface area (TPSA) is 12.0 Å². The highest BCUT2D eigenvalue weighted by Gasteiger charge is 2.28. The second-order valence-corrected chi connectivity index (χ2v) is 5.55. The molecule has 0 aromatic heterocycles.